The summed E-state index contributed by atoms with van der Waals surface area (Å²) in [6.07, 6.45) is 4.11. The summed E-state index contributed by atoms with van der Waals surface area (Å²) in [6, 6.07) is 0. The Morgan fingerprint density at radius 1 is 1.33 bits per heavy atom. The molecular formula is C5H10N2O2. The maximum absolute atomic E-state index is 8.85. The van der Waals surface area contributed by atoms with Crippen LogP contribution in [0.5, 0.6) is 0 Å². The Labute approximate surface area is 53.5 Å². The summed E-state index contributed by atoms with van der Waals surface area (Å²) >= 11 is 0. The van der Waals surface area contributed by atoms with Crippen LogP contribution in [-0.2, 0) is 0 Å². The molecule has 1 aliphatic rings. The van der Waals surface area contributed by atoms with Gasteiger partial charge in [0.15, 0.2) is 0 Å². The van der Waals surface area contributed by atoms with E-state index in [9.17, 15) is 0 Å². The van der Waals surface area contributed by atoms with Crippen molar-refractivity contribution in [3.05, 3.63) is 12.3 Å². The van der Waals surface area contributed by atoms with Gasteiger partial charge in [0.1, 0.15) is 6.67 Å². The first-order valence-corrected chi connectivity index (χ1v) is 2.85. The average Bonchev–Trinajstić information content (AvgIpc) is 1.93. The van der Waals surface area contributed by atoms with E-state index in [2.05, 4.69) is 0 Å². The highest BCUT2D eigenvalue weighted by atomic mass is 16.5. The van der Waals surface area contributed by atoms with Gasteiger partial charge < -0.3 is 5.21 Å². The molecule has 0 aliphatic carbocycles. The second kappa shape index (κ2) is 2.82. The molecule has 52 valence electrons. The third-order valence-electron chi connectivity index (χ3n) is 1.14. The lowest BCUT2D eigenvalue weighted by atomic mass is 10.4. The predicted octanol–water partition coefficient (Wildman–Crippen LogP) is 0.244. The number of nitrogens with zero attached hydrogens (tertiary/aromatic N) is 2. The third kappa shape index (κ3) is 2.01. The van der Waals surface area contributed by atoms with Crippen LogP contribution in [0, 0.1) is 0 Å². The predicted molar refractivity (Wildman–Crippen MR) is 30.7 cm³/mol. The van der Waals surface area contributed by atoms with Crippen molar-refractivity contribution in [3.63, 3.8) is 0 Å². The molecule has 0 amide bonds. The van der Waals surface area contributed by atoms with Gasteiger partial charge >= 0.3 is 0 Å². The topological polar surface area (TPSA) is 46.9 Å². The molecule has 1 aliphatic heterocycles. The van der Waals surface area contributed by atoms with Crippen molar-refractivity contribution in [1.29, 1.82) is 0 Å². The van der Waals surface area contributed by atoms with Crippen molar-refractivity contribution in [2.45, 2.75) is 6.42 Å². The van der Waals surface area contributed by atoms with Crippen molar-refractivity contribution in [2.24, 2.45) is 0 Å². The molecule has 0 bridgehead atoms. The Hall–Kier alpha value is -0.580. The smallest absolute Gasteiger partial charge is 0.120 e. The van der Waals surface area contributed by atoms with E-state index in [1.165, 1.54) is 6.20 Å². The van der Waals surface area contributed by atoms with Crippen molar-refractivity contribution in [3.8, 4) is 0 Å². The van der Waals surface area contributed by atoms with Crippen LogP contribution in [-0.4, -0.2) is 33.8 Å². The number of hydrogen-bond acceptors (Lipinski definition) is 4. The minimum Gasteiger partial charge on any atom is -0.312 e. The number of rotatable bonds is 0. The van der Waals surface area contributed by atoms with Gasteiger partial charge in [-0.25, -0.2) is 5.06 Å². The fraction of sp³-hybridized carbons (Fsp3) is 0.600. The standard InChI is InChI=1S/C5H10N2O2/c8-6-3-1-2-4-7(9)5-6/h1,3,8-9H,2,4-5H2. The first kappa shape index (κ1) is 6.54. The van der Waals surface area contributed by atoms with Gasteiger partial charge in [0.2, 0.25) is 0 Å². The van der Waals surface area contributed by atoms with Crippen molar-refractivity contribution in [1.82, 2.24) is 10.1 Å². The minimum absolute atomic E-state index is 0.163. The Kier molecular flexibility index (Phi) is 2.05. The molecule has 0 aromatic heterocycles. The summed E-state index contributed by atoms with van der Waals surface area (Å²) in [7, 11) is 0. The highest BCUT2D eigenvalue weighted by Gasteiger charge is 2.04. The zero-order valence-electron chi connectivity index (χ0n) is 5.06. The Balaban J connectivity index is 2.40. The molecule has 1 rings (SSSR count). The lowest BCUT2D eigenvalue weighted by Gasteiger charge is -2.15. The van der Waals surface area contributed by atoms with E-state index < -0.39 is 0 Å². The van der Waals surface area contributed by atoms with Gasteiger partial charge in [0.05, 0.1) is 0 Å². The molecule has 1 heterocycles. The van der Waals surface area contributed by atoms with Gasteiger partial charge in [0, 0.05) is 12.7 Å². The summed E-state index contributed by atoms with van der Waals surface area (Å²) in [5.74, 6) is 0. The van der Waals surface area contributed by atoms with Gasteiger partial charge in [-0.05, 0) is 6.42 Å². The van der Waals surface area contributed by atoms with Gasteiger partial charge in [-0.2, -0.15) is 5.06 Å². The van der Waals surface area contributed by atoms with Crippen molar-refractivity contribution < 1.29 is 10.4 Å². The molecule has 0 radical (unpaired) electrons. The van der Waals surface area contributed by atoms with Crippen molar-refractivity contribution >= 4 is 0 Å². The molecular weight excluding hydrogens is 120 g/mol. The molecule has 0 aromatic carbocycles. The second-order valence-electron chi connectivity index (χ2n) is 1.98. The van der Waals surface area contributed by atoms with Crippen LogP contribution in [0.3, 0.4) is 0 Å². The fourth-order valence-corrected chi connectivity index (χ4v) is 0.705. The van der Waals surface area contributed by atoms with Crippen LogP contribution < -0.4 is 0 Å². The van der Waals surface area contributed by atoms with E-state index in [0.717, 1.165) is 16.5 Å². The van der Waals surface area contributed by atoms with Crippen LogP contribution >= 0.6 is 0 Å². The molecule has 9 heavy (non-hydrogen) atoms. The lowest BCUT2D eigenvalue weighted by molar-refractivity contribution is -0.177. The second-order valence-corrected chi connectivity index (χ2v) is 1.98. The lowest BCUT2D eigenvalue weighted by Crippen LogP contribution is -2.29. The highest BCUT2D eigenvalue weighted by molar-refractivity contribution is 4.81. The maximum atomic E-state index is 8.85. The normalized spacial score (nSPS) is 22.2. The first-order valence-electron chi connectivity index (χ1n) is 2.85. The third-order valence-corrected chi connectivity index (χ3v) is 1.14. The average molecular weight is 130 g/mol. The van der Waals surface area contributed by atoms with Crippen LogP contribution in [0.4, 0.5) is 0 Å². The molecule has 4 nitrogen and oxygen atoms in total. The molecule has 0 atom stereocenters. The summed E-state index contributed by atoms with van der Waals surface area (Å²) in [4.78, 5) is 0. The Morgan fingerprint density at radius 2 is 2.11 bits per heavy atom. The van der Waals surface area contributed by atoms with Crippen LogP contribution in [0.1, 0.15) is 6.42 Å². The molecule has 0 aromatic rings. The summed E-state index contributed by atoms with van der Waals surface area (Å²) in [5.41, 5.74) is 0. The van der Waals surface area contributed by atoms with Gasteiger partial charge in [0.25, 0.3) is 0 Å². The van der Waals surface area contributed by atoms with Crippen LogP contribution in [0.25, 0.3) is 0 Å². The first-order chi connectivity index (χ1) is 4.29. The zero-order chi connectivity index (χ0) is 6.69. The van der Waals surface area contributed by atoms with Crippen LogP contribution in [0.15, 0.2) is 12.3 Å². The molecule has 0 spiro atoms. The summed E-state index contributed by atoms with van der Waals surface area (Å²) in [6.45, 7) is 0.740. The molecule has 0 saturated carbocycles. The van der Waals surface area contributed by atoms with Gasteiger partial charge in [-0.3, -0.25) is 5.21 Å². The van der Waals surface area contributed by atoms with Gasteiger partial charge in [-0.15, -0.1) is 0 Å². The monoisotopic (exact) mass is 130 g/mol. The minimum atomic E-state index is 0.163. The fourth-order valence-electron chi connectivity index (χ4n) is 0.705. The zero-order valence-corrected chi connectivity index (χ0v) is 5.06. The number of hydroxylamine groups is 4. The molecule has 0 unspecified atom stereocenters. The van der Waals surface area contributed by atoms with Crippen molar-refractivity contribution in [2.75, 3.05) is 13.2 Å². The molecule has 2 N–H and O–H groups in total. The molecule has 4 heteroatoms. The summed E-state index contributed by atoms with van der Waals surface area (Å²) < 4.78 is 0. The highest BCUT2D eigenvalue weighted by Crippen LogP contribution is 1.97. The maximum Gasteiger partial charge on any atom is 0.120 e. The SMILES string of the molecule is ON1C=CCCN(O)C1. The Bertz CT molecular complexity index is 116. The number of hydrogen-bond donors (Lipinski definition) is 2. The Morgan fingerprint density at radius 3 is 2.89 bits per heavy atom. The summed E-state index contributed by atoms with van der Waals surface area (Å²) in [5, 5.41) is 19.6. The van der Waals surface area contributed by atoms with E-state index in [1.54, 1.807) is 6.08 Å². The van der Waals surface area contributed by atoms with E-state index in [-0.39, 0.29) is 6.67 Å². The quantitative estimate of drug-likeness (QED) is 0.493. The van der Waals surface area contributed by atoms with Gasteiger partial charge in [-0.1, -0.05) is 6.08 Å². The van der Waals surface area contributed by atoms with E-state index in [0.29, 0.717) is 6.54 Å². The van der Waals surface area contributed by atoms with E-state index in [4.69, 9.17) is 10.4 Å². The molecule has 0 saturated heterocycles. The van der Waals surface area contributed by atoms with Crippen LogP contribution in [0.2, 0.25) is 0 Å². The van der Waals surface area contributed by atoms with E-state index >= 15 is 0 Å². The van der Waals surface area contributed by atoms with E-state index in [1.807, 2.05) is 0 Å². The molecule has 0 fully saturated rings. The largest absolute Gasteiger partial charge is 0.312 e.